The van der Waals surface area contributed by atoms with Crippen LogP contribution in [0.4, 0.5) is 13.2 Å². The number of carbonyl (C=O) groups is 1. The lowest BCUT2D eigenvalue weighted by atomic mass is 10.0. The number of halogens is 3. The SMILES string of the molecule is CC.O=C(O)c1cc(-c2ccc3c(n2)CCN(Cc2ccccc2)C3)oc1C(F)(F)F. The number of alkyl halides is 3. The van der Waals surface area contributed by atoms with Crippen molar-refractivity contribution in [2.24, 2.45) is 0 Å². The second kappa shape index (κ2) is 9.34. The van der Waals surface area contributed by atoms with Gasteiger partial charge in [0.15, 0.2) is 5.76 Å². The zero-order chi connectivity index (χ0) is 22.6. The first kappa shape index (κ1) is 22.6. The molecule has 3 heterocycles. The monoisotopic (exact) mass is 432 g/mol. The van der Waals surface area contributed by atoms with Gasteiger partial charge in [-0.2, -0.15) is 13.2 Å². The number of nitrogens with zero attached hydrogens (tertiary/aromatic N) is 2. The van der Waals surface area contributed by atoms with Crippen LogP contribution in [0.5, 0.6) is 0 Å². The summed E-state index contributed by atoms with van der Waals surface area (Å²) in [6, 6.07) is 14.3. The van der Waals surface area contributed by atoms with Crippen LogP contribution in [0.15, 0.2) is 52.9 Å². The largest absolute Gasteiger partial charge is 0.478 e. The summed E-state index contributed by atoms with van der Waals surface area (Å²) in [6.45, 7) is 6.26. The van der Waals surface area contributed by atoms with E-state index >= 15 is 0 Å². The lowest BCUT2D eigenvalue weighted by molar-refractivity contribution is -0.153. The molecular formula is C23H23F3N2O3. The van der Waals surface area contributed by atoms with E-state index in [9.17, 15) is 18.0 Å². The number of hydrogen-bond acceptors (Lipinski definition) is 4. The number of furan rings is 1. The van der Waals surface area contributed by atoms with E-state index in [0.29, 0.717) is 13.0 Å². The number of aromatic nitrogens is 1. The molecule has 0 radical (unpaired) electrons. The van der Waals surface area contributed by atoms with Crippen LogP contribution in [0, 0.1) is 0 Å². The molecule has 8 heteroatoms. The quantitative estimate of drug-likeness (QED) is 0.578. The fourth-order valence-corrected chi connectivity index (χ4v) is 3.48. The van der Waals surface area contributed by atoms with Crippen molar-refractivity contribution in [1.29, 1.82) is 0 Å². The first-order valence-corrected chi connectivity index (χ1v) is 10.0. The molecular weight excluding hydrogens is 409 g/mol. The van der Waals surface area contributed by atoms with E-state index in [2.05, 4.69) is 22.0 Å². The second-order valence-electron chi connectivity index (χ2n) is 6.90. The molecule has 4 rings (SSSR count). The van der Waals surface area contributed by atoms with E-state index in [4.69, 9.17) is 9.52 Å². The summed E-state index contributed by atoms with van der Waals surface area (Å²) in [5.41, 5.74) is 2.27. The van der Waals surface area contributed by atoms with Crippen molar-refractivity contribution < 1.29 is 27.5 Å². The maximum absolute atomic E-state index is 13.1. The molecule has 0 saturated heterocycles. The number of carboxylic acid groups (broad SMARTS) is 1. The van der Waals surface area contributed by atoms with E-state index in [1.54, 1.807) is 6.07 Å². The summed E-state index contributed by atoms with van der Waals surface area (Å²) in [6.07, 6.45) is -4.24. The Bertz CT molecular complexity index is 1050. The summed E-state index contributed by atoms with van der Waals surface area (Å²) in [4.78, 5) is 17.9. The Kier molecular flexibility index (Phi) is 6.80. The lowest BCUT2D eigenvalue weighted by Crippen LogP contribution is -2.30. The highest BCUT2D eigenvalue weighted by Crippen LogP contribution is 2.37. The van der Waals surface area contributed by atoms with Crippen molar-refractivity contribution in [3.63, 3.8) is 0 Å². The number of fused-ring (bicyclic) bond motifs is 1. The third-order valence-electron chi connectivity index (χ3n) is 4.85. The van der Waals surface area contributed by atoms with Crippen LogP contribution in [0.3, 0.4) is 0 Å². The average Bonchev–Trinajstić information content (AvgIpc) is 3.22. The van der Waals surface area contributed by atoms with Crippen LogP contribution in [-0.4, -0.2) is 27.5 Å². The Morgan fingerprint density at radius 2 is 1.87 bits per heavy atom. The minimum Gasteiger partial charge on any atom is -0.478 e. The lowest BCUT2D eigenvalue weighted by Gasteiger charge is -2.28. The van der Waals surface area contributed by atoms with Gasteiger partial charge in [-0.05, 0) is 17.2 Å². The molecule has 0 spiro atoms. The molecule has 0 atom stereocenters. The van der Waals surface area contributed by atoms with Crippen molar-refractivity contribution >= 4 is 5.97 Å². The molecule has 1 aliphatic rings. The van der Waals surface area contributed by atoms with Crippen LogP contribution < -0.4 is 0 Å². The number of carboxylic acids is 1. The number of aromatic carboxylic acids is 1. The molecule has 0 saturated carbocycles. The van der Waals surface area contributed by atoms with Gasteiger partial charge in [0.2, 0.25) is 5.76 Å². The minimum absolute atomic E-state index is 0.193. The van der Waals surface area contributed by atoms with Gasteiger partial charge in [-0.1, -0.05) is 50.2 Å². The molecule has 3 aromatic rings. The number of rotatable bonds is 4. The van der Waals surface area contributed by atoms with Crippen LogP contribution in [0.25, 0.3) is 11.5 Å². The Morgan fingerprint density at radius 1 is 1.16 bits per heavy atom. The highest BCUT2D eigenvalue weighted by molar-refractivity contribution is 5.90. The zero-order valence-electron chi connectivity index (χ0n) is 17.2. The average molecular weight is 432 g/mol. The van der Waals surface area contributed by atoms with Gasteiger partial charge in [0.25, 0.3) is 0 Å². The standard InChI is InChI=1S/C21H17F3N2O3.C2H6/c22-21(23,24)19-15(20(27)28)10-18(29-19)17-7-6-14-12-26(9-8-16(14)25-17)11-13-4-2-1-3-5-13;1-2/h1-7,10H,8-9,11-12H2,(H,27,28);1-2H3. The zero-order valence-corrected chi connectivity index (χ0v) is 17.2. The molecule has 0 fully saturated rings. The molecule has 1 N–H and O–H groups in total. The fraction of sp³-hybridized carbons (Fsp3) is 0.304. The van der Waals surface area contributed by atoms with Gasteiger partial charge in [-0.3, -0.25) is 4.90 Å². The van der Waals surface area contributed by atoms with Crippen LogP contribution >= 0.6 is 0 Å². The van der Waals surface area contributed by atoms with Crippen molar-refractivity contribution in [3.8, 4) is 11.5 Å². The molecule has 2 aromatic heterocycles. The normalized spacial score (nSPS) is 13.8. The van der Waals surface area contributed by atoms with Crippen molar-refractivity contribution in [2.45, 2.75) is 39.5 Å². The van der Waals surface area contributed by atoms with E-state index < -0.39 is 23.5 Å². The van der Waals surface area contributed by atoms with Gasteiger partial charge in [-0.25, -0.2) is 9.78 Å². The van der Waals surface area contributed by atoms with Gasteiger partial charge >= 0.3 is 12.1 Å². The van der Waals surface area contributed by atoms with Crippen LogP contribution in [0.1, 0.15) is 46.8 Å². The van der Waals surface area contributed by atoms with Gasteiger partial charge in [-0.15, -0.1) is 0 Å². The summed E-state index contributed by atoms with van der Waals surface area (Å²) < 4.78 is 44.0. The summed E-state index contributed by atoms with van der Waals surface area (Å²) in [7, 11) is 0. The van der Waals surface area contributed by atoms with Crippen molar-refractivity contribution in [3.05, 3.63) is 76.7 Å². The first-order chi connectivity index (χ1) is 14.8. The highest BCUT2D eigenvalue weighted by atomic mass is 19.4. The maximum atomic E-state index is 13.1. The molecule has 164 valence electrons. The van der Waals surface area contributed by atoms with E-state index in [1.165, 1.54) is 5.56 Å². The predicted octanol–water partition coefficient (Wildman–Crippen LogP) is 5.64. The third kappa shape index (κ3) is 5.14. The number of benzene rings is 1. The summed E-state index contributed by atoms with van der Waals surface area (Å²) in [5, 5.41) is 9.05. The Hall–Kier alpha value is -3.13. The first-order valence-electron chi connectivity index (χ1n) is 10.0. The van der Waals surface area contributed by atoms with Crippen LogP contribution in [0.2, 0.25) is 0 Å². The van der Waals surface area contributed by atoms with Crippen LogP contribution in [-0.2, 0) is 25.7 Å². The summed E-state index contributed by atoms with van der Waals surface area (Å²) >= 11 is 0. The topological polar surface area (TPSA) is 66.6 Å². The molecule has 0 aliphatic carbocycles. The Balaban J connectivity index is 0.00000132. The summed E-state index contributed by atoms with van der Waals surface area (Å²) in [5.74, 6) is -3.42. The molecule has 0 unspecified atom stereocenters. The predicted molar refractivity (Wildman–Crippen MR) is 110 cm³/mol. The van der Waals surface area contributed by atoms with Gasteiger partial charge < -0.3 is 9.52 Å². The minimum atomic E-state index is -4.89. The molecule has 5 nitrogen and oxygen atoms in total. The molecule has 1 aromatic carbocycles. The van der Waals surface area contributed by atoms with Gasteiger partial charge in [0.1, 0.15) is 11.3 Å². The Labute approximate surface area is 178 Å². The van der Waals surface area contributed by atoms with Crippen molar-refractivity contribution in [1.82, 2.24) is 9.88 Å². The Morgan fingerprint density at radius 3 is 2.48 bits per heavy atom. The van der Waals surface area contributed by atoms with Gasteiger partial charge in [0.05, 0.1) is 0 Å². The smallest absolute Gasteiger partial charge is 0.450 e. The second-order valence-corrected chi connectivity index (χ2v) is 6.90. The molecule has 31 heavy (non-hydrogen) atoms. The third-order valence-corrected chi connectivity index (χ3v) is 4.85. The van der Waals surface area contributed by atoms with E-state index in [0.717, 1.165) is 30.4 Å². The van der Waals surface area contributed by atoms with Gasteiger partial charge in [0, 0.05) is 37.8 Å². The van der Waals surface area contributed by atoms with E-state index in [-0.39, 0.29) is 11.5 Å². The molecule has 0 amide bonds. The van der Waals surface area contributed by atoms with Crippen molar-refractivity contribution in [2.75, 3.05) is 6.54 Å². The van der Waals surface area contributed by atoms with E-state index in [1.807, 2.05) is 38.1 Å². The number of pyridine rings is 1. The maximum Gasteiger partial charge on any atom is 0.450 e. The highest BCUT2D eigenvalue weighted by Gasteiger charge is 2.40. The molecule has 0 bridgehead atoms. The molecule has 1 aliphatic heterocycles. The number of hydrogen-bond donors (Lipinski definition) is 1. The fourth-order valence-electron chi connectivity index (χ4n) is 3.48.